The summed E-state index contributed by atoms with van der Waals surface area (Å²) in [7, 11) is 0. The molecule has 8 rings (SSSR count). The molecular weight excluding hydrogens is 633 g/mol. The average molecular weight is 657 g/mol. The predicted molar refractivity (Wildman–Crippen MR) is 184 cm³/mol. The van der Waals surface area contributed by atoms with Crippen LogP contribution in [0.5, 0.6) is 6.01 Å². The molecule has 0 fully saturated rings. The molecule has 0 aliphatic heterocycles. The van der Waals surface area contributed by atoms with Crippen LogP contribution >= 0.6 is 22.7 Å². The summed E-state index contributed by atoms with van der Waals surface area (Å²) in [5, 5.41) is 17.0. The Morgan fingerprint density at radius 2 is 1.23 bits per heavy atom. The fourth-order valence-electron chi connectivity index (χ4n) is 5.58. The van der Waals surface area contributed by atoms with E-state index in [0.717, 1.165) is 20.4 Å². The summed E-state index contributed by atoms with van der Waals surface area (Å²) in [5.41, 5.74) is 15.4. The van der Waals surface area contributed by atoms with Crippen molar-refractivity contribution in [2.75, 3.05) is 0 Å². The molecule has 0 amide bonds. The number of benzene rings is 4. The minimum Gasteiger partial charge on any atom is -0.392 e. The third kappa shape index (κ3) is 4.86. The summed E-state index contributed by atoms with van der Waals surface area (Å²) in [6, 6.07) is 25.9. The first-order valence-electron chi connectivity index (χ1n) is 14.4. The molecule has 8 aromatic rings. The van der Waals surface area contributed by atoms with Crippen molar-refractivity contribution in [3.63, 3.8) is 0 Å². The fraction of sp³-hybridized carbons (Fsp3) is 0.0606. The number of fused-ring (bicyclic) bond motifs is 4. The number of rotatable bonds is 8. The summed E-state index contributed by atoms with van der Waals surface area (Å²) in [5.74, 6) is -0.285. The number of aromatic nitrogens is 6. The second-order valence-corrected chi connectivity index (χ2v) is 13.0. The lowest BCUT2D eigenvalue weighted by Gasteiger charge is -2.26. The van der Waals surface area contributed by atoms with E-state index in [2.05, 4.69) is 15.0 Å². The number of aromatic amines is 2. The van der Waals surface area contributed by atoms with Crippen LogP contribution in [0.4, 0.5) is 0 Å². The highest BCUT2D eigenvalue weighted by Gasteiger charge is 2.48. The number of nitrogens with one attached hydrogen (secondary N) is 4. The third-order valence-electron chi connectivity index (χ3n) is 7.91. The van der Waals surface area contributed by atoms with E-state index < -0.39 is 11.4 Å². The number of esters is 1. The number of thiazole rings is 2. The molecule has 14 heteroatoms. The van der Waals surface area contributed by atoms with Crippen molar-refractivity contribution >= 4 is 82.8 Å². The number of nitrogens with two attached hydrogens (primary N) is 2. The van der Waals surface area contributed by atoms with E-state index in [1.807, 2.05) is 60.7 Å². The van der Waals surface area contributed by atoms with Crippen LogP contribution in [0.25, 0.3) is 42.5 Å². The van der Waals surface area contributed by atoms with Crippen LogP contribution in [0.15, 0.2) is 84.9 Å². The molecule has 230 valence electrons. The molecule has 0 saturated carbocycles. The number of hydrogen-bond donors (Lipinski definition) is 6. The third-order valence-corrected chi connectivity index (χ3v) is 10.3. The van der Waals surface area contributed by atoms with Gasteiger partial charge in [-0.15, -0.1) is 22.7 Å². The van der Waals surface area contributed by atoms with E-state index in [0.29, 0.717) is 49.0 Å². The minimum atomic E-state index is -1.34. The number of para-hydroxylation sites is 4. The molecule has 0 saturated heterocycles. The second kappa shape index (κ2) is 10.8. The number of carbonyl (C=O) groups is 1. The zero-order chi connectivity index (χ0) is 32.3. The molecule has 0 bridgehead atoms. The highest BCUT2D eigenvalue weighted by molar-refractivity contribution is 7.20. The van der Waals surface area contributed by atoms with Crippen LogP contribution in [0.3, 0.4) is 0 Å². The van der Waals surface area contributed by atoms with Gasteiger partial charge in [-0.3, -0.25) is 15.6 Å². The van der Waals surface area contributed by atoms with Gasteiger partial charge in [-0.2, -0.15) is 4.98 Å². The quantitative estimate of drug-likeness (QED) is 0.0691. The predicted octanol–water partition coefficient (Wildman–Crippen LogP) is 5.56. The smallest absolute Gasteiger partial charge is 0.315 e. The Kier molecular flexibility index (Phi) is 6.56. The van der Waals surface area contributed by atoms with Gasteiger partial charge in [0.1, 0.15) is 32.9 Å². The lowest BCUT2D eigenvalue weighted by atomic mass is 9.84. The second-order valence-electron chi connectivity index (χ2n) is 10.9. The number of carbonyl (C=O) groups excluding carboxylic acids is 1. The van der Waals surface area contributed by atoms with Crippen LogP contribution in [0.1, 0.15) is 33.4 Å². The number of imidazole rings is 2. The Bertz CT molecular complexity index is 2380. The number of hydrogen-bond acceptors (Lipinski definition) is 10. The molecule has 0 radical (unpaired) electrons. The van der Waals surface area contributed by atoms with Gasteiger partial charge in [0.2, 0.25) is 0 Å². The van der Waals surface area contributed by atoms with Crippen molar-refractivity contribution in [1.82, 2.24) is 29.9 Å². The minimum absolute atomic E-state index is 0.0699. The van der Waals surface area contributed by atoms with Crippen molar-refractivity contribution < 1.29 is 9.53 Å². The zero-order valence-electron chi connectivity index (χ0n) is 24.4. The maximum atomic E-state index is 14.1. The van der Waals surface area contributed by atoms with Gasteiger partial charge in [0, 0.05) is 11.1 Å². The van der Waals surface area contributed by atoms with E-state index >= 15 is 0 Å². The fourth-order valence-corrected chi connectivity index (χ4v) is 7.92. The molecular formula is C33H24N10O2S2. The van der Waals surface area contributed by atoms with Crippen molar-refractivity contribution in [3.05, 3.63) is 112 Å². The van der Waals surface area contributed by atoms with Gasteiger partial charge in [0.15, 0.2) is 0 Å². The molecule has 0 aliphatic rings. The largest absolute Gasteiger partial charge is 0.392 e. The Hall–Kier alpha value is -5.99. The molecule has 0 atom stereocenters. The molecule has 12 nitrogen and oxygen atoms in total. The van der Waals surface area contributed by atoms with Gasteiger partial charge >= 0.3 is 12.0 Å². The van der Waals surface area contributed by atoms with Crippen molar-refractivity contribution in [1.29, 1.82) is 10.8 Å². The first kappa shape index (κ1) is 28.5. The Morgan fingerprint density at radius 3 is 1.77 bits per heavy atom. The van der Waals surface area contributed by atoms with Crippen molar-refractivity contribution in [2.45, 2.75) is 11.8 Å². The van der Waals surface area contributed by atoms with Crippen LogP contribution in [-0.4, -0.2) is 47.5 Å². The van der Waals surface area contributed by atoms with Crippen molar-refractivity contribution in [3.8, 4) is 6.01 Å². The van der Waals surface area contributed by atoms with Gasteiger partial charge in [0.25, 0.3) is 0 Å². The number of H-pyrrole nitrogens is 2. The van der Waals surface area contributed by atoms with Gasteiger partial charge in [-0.25, -0.2) is 15.0 Å². The van der Waals surface area contributed by atoms with Crippen LogP contribution < -0.4 is 16.2 Å². The summed E-state index contributed by atoms with van der Waals surface area (Å²) in [4.78, 5) is 40.2. The Labute approximate surface area is 273 Å². The monoisotopic (exact) mass is 656 g/mol. The number of ether oxygens (including phenoxy) is 1. The van der Waals surface area contributed by atoms with Gasteiger partial charge in [-0.1, -0.05) is 24.3 Å². The Morgan fingerprint density at radius 1 is 0.702 bits per heavy atom. The van der Waals surface area contributed by atoms with Crippen LogP contribution in [-0.2, 0) is 10.2 Å². The topological polar surface area (TPSA) is 209 Å². The Balaban J connectivity index is 1.37. The summed E-state index contributed by atoms with van der Waals surface area (Å²) in [6.45, 7) is 0. The van der Waals surface area contributed by atoms with E-state index in [-0.39, 0.29) is 24.1 Å². The number of nitrogen functional groups attached to an aromatic ring is 2. The highest BCUT2D eigenvalue weighted by atomic mass is 32.1. The van der Waals surface area contributed by atoms with Crippen LogP contribution in [0.2, 0.25) is 0 Å². The molecule has 4 aromatic heterocycles. The molecule has 0 spiro atoms. The van der Waals surface area contributed by atoms with Gasteiger partial charge in [-0.05, 0) is 60.7 Å². The first-order valence-corrected chi connectivity index (χ1v) is 16.0. The lowest BCUT2D eigenvalue weighted by Crippen LogP contribution is -2.35. The molecule has 0 aliphatic carbocycles. The standard InChI is InChI=1S/C33H24N10O2S2/c34-27(35)16-9-11-24-22(13-16)40-30(46-24)33(29-38-18-5-1-2-6-19(18)39-29,31-41-23-14-17(28(36)37)10-12-25(23)47-31)15-26(44)45-32-42-20-7-3-4-8-21(20)43-32/h1-14H,15H2,(H3,34,35)(H3,36,37)(H,38,39)(H,42,43). The molecule has 47 heavy (non-hydrogen) atoms. The normalized spacial score (nSPS) is 12.9. The van der Waals surface area contributed by atoms with Gasteiger partial charge in [0.05, 0.1) is 48.9 Å². The SMILES string of the molecule is N=C(N)c1ccc2sc(C(CC(=O)Oc3nc4ccccc4[nH]3)(c3nc4ccccc4[nH]3)c3nc4cc(C(=N)N)ccc4s3)nc2c1. The molecule has 8 N–H and O–H groups in total. The number of amidine groups is 2. The van der Waals surface area contributed by atoms with E-state index in [4.69, 9.17) is 42.0 Å². The van der Waals surface area contributed by atoms with E-state index in [9.17, 15) is 4.79 Å². The van der Waals surface area contributed by atoms with Gasteiger partial charge < -0.3 is 26.2 Å². The first-order chi connectivity index (χ1) is 22.8. The highest BCUT2D eigenvalue weighted by Crippen LogP contribution is 2.47. The van der Waals surface area contributed by atoms with Crippen LogP contribution in [0, 0.1) is 10.8 Å². The molecule has 4 aromatic carbocycles. The zero-order valence-corrected chi connectivity index (χ0v) is 26.0. The summed E-state index contributed by atoms with van der Waals surface area (Å²) >= 11 is 2.79. The average Bonchev–Trinajstić information content (AvgIpc) is 3.86. The summed E-state index contributed by atoms with van der Waals surface area (Å²) in [6.07, 6.45) is -0.233. The maximum Gasteiger partial charge on any atom is 0.315 e. The molecule has 4 heterocycles. The summed E-state index contributed by atoms with van der Waals surface area (Å²) < 4.78 is 7.52. The molecule has 0 unspecified atom stereocenters. The van der Waals surface area contributed by atoms with E-state index in [1.54, 1.807) is 24.3 Å². The lowest BCUT2D eigenvalue weighted by molar-refractivity contribution is -0.135. The number of nitrogens with zero attached hydrogens (tertiary/aromatic N) is 4. The maximum absolute atomic E-state index is 14.1. The van der Waals surface area contributed by atoms with Crippen molar-refractivity contribution in [2.24, 2.45) is 11.5 Å². The van der Waals surface area contributed by atoms with E-state index in [1.165, 1.54) is 22.7 Å².